The normalized spacial score (nSPS) is 12.0. The van der Waals surface area contributed by atoms with Crippen LogP contribution < -0.4 is 10.6 Å². The fourth-order valence-electron chi connectivity index (χ4n) is 2.67. The number of aromatic nitrogens is 1. The van der Waals surface area contributed by atoms with Gasteiger partial charge in [0.1, 0.15) is 11.2 Å². The van der Waals surface area contributed by atoms with Gasteiger partial charge in [0.2, 0.25) is 0 Å². The van der Waals surface area contributed by atoms with Crippen molar-refractivity contribution in [2.45, 2.75) is 59.2 Å². The van der Waals surface area contributed by atoms with E-state index < -0.39 is 23.4 Å². The number of carbonyl (C=O) groups is 2. The zero-order valence-corrected chi connectivity index (χ0v) is 17.4. The topological polar surface area (TPSA) is 94.8 Å². The lowest BCUT2D eigenvalue weighted by Crippen LogP contribution is -2.44. The highest BCUT2D eigenvalue weighted by atomic mass is 16.6. The molecule has 0 atom stereocenters. The van der Waals surface area contributed by atoms with Gasteiger partial charge in [0, 0.05) is 11.6 Å². The fraction of sp³-hybridized carbons (Fsp3) is 0.476. The Balaban J connectivity index is 2.61. The number of imide groups is 1. The van der Waals surface area contributed by atoms with Gasteiger partial charge in [-0.1, -0.05) is 18.2 Å². The molecular formula is C21H29N3O4. The van der Waals surface area contributed by atoms with Crippen molar-refractivity contribution in [2.75, 3.05) is 11.4 Å². The number of rotatable bonds is 3. The Morgan fingerprint density at radius 1 is 0.964 bits per heavy atom. The minimum absolute atomic E-state index is 0.167. The van der Waals surface area contributed by atoms with Crippen LogP contribution in [0.25, 0.3) is 10.8 Å². The van der Waals surface area contributed by atoms with Crippen LogP contribution in [0.15, 0.2) is 30.5 Å². The number of ether oxygens (including phenoxy) is 2. The highest BCUT2D eigenvalue weighted by molar-refractivity contribution is 6.14. The lowest BCUT2D eigenvalue weighted by atomic mass is 10.0. The number of nitrogens with two attached hydrogens (primary N) is 1. The summed E-state index contributed by atoms with van der Waals surface area (Å²) in [6.45, 7) is 10.9. The molecule has 0 aliphatic carbocycles. The monoisotopic (exact) mass is 387 g/mol. The Hall–Kier alpha value is -2.67. The predicted molar refractivity (Wildman–Crippen MR) is 109 cm³/mol. The third-order valence-electron chi connectivity index (χ3n) is 3.65. The molecule has 0 radical (unpaired) electrons. The number of hydrogen-bond donors (Lipinski definition) is 1. The van der Waals surface area contributed by atoms with Crippen molar-refractivity contribution < 1.29 is 19.1 Å². The first-order chi connectivity index (χ1) is 12.9. The molecule has 28 heavy (non-hydrogen) atoms. The van der Waals surface area contributed by atoms with E-state index in [0.717, 1.165) is 15.8 Å². The van der Waals surface area contributed by atoms with Crippen LogP contribution in [-0.2, 0) is 15.9 Å². The molecule has 2 aromatic rings. The van der Waals surface area contributed by atoms with Crippen molar-refractivity contribution in [2.24, 2.45) is 5.73 Å². The molecule has 2 N–H and O–H groups in total. The van der Waals surface area contributed by atoms with Crippen molar-refractivity contribution in [3.05, 3.63) is 36.0 Å². The molecule has 0 saturated heterocycles. The summed E-state index contributed by atoms with van der Waals surface area (Å²) in [5.41, 5.74) is 5.15. The van der Waals surface area contributed by atoms with Crippen LogP contribution in [0.5, 0.6) is 0 Å². The van der Waals surface area contributed by atoms with Crippen LogP contribution in [0.4, 0.5) is 15.4 Å². The average Bonchev–Trinajstić information content (AvgIpc) is 2.52. The molecule has 2 amide bonds. The van der Waals surface area contributed by atoms with E-state index >= 15 is 0 Å². The Kier molecular flexibility index (Phi) is 6.29. The summed E-state index contributed by atoms with van der Waals surface area (Å²) in [6.07, 6.45) is 0.538. The Labute approximate surface area is 165 Å². The van der Waals surface area contributed by atoms with Gasteiger partial charge in [-0.25, -0.2) is 14.6 Å². The van der Waals surface area contributed by atoms with Crippen LogP contribution in [0.1, 0.15) is 47.1 Å². The van der Waals surface area contributed by atoms with Crippen molar-refractivity contribution in [1.82, 2.24) is 4.98 Å². The first kappa shape index (κ1) is 21.6. The van der Waals surface area contributed by atoms with Gasteiger partial charge in [-0.2, -0.15) is 4.90 Å². The van der Waals surface area contributed by atoms with Gasteiger partial charge in [-0.15, -0.1) is 0 Å². The Bertz CT molecular complexity index is 838. The van der Waals surface area contributed by atoms with Crippen LogP contribution in [-0.4, -0.2) is 34.9 Å². The molecular weight excluding hydrogens is 358 g/mol. The predicted octanol–water partition coefficient (Wildman–Crippen LogP) is 4.41. The molecule has 0 aliphatic rings. The first-order valence-corrected chi connectivity index (χ1v) is 9.26. The second-order valence-electron chi connectivity index (χ2n) is 8.48. The molecule has 1 aromatic heterocycles. The molecule has 0 fully saturated rings. The maximum atomic E-state index is 12.9. The standard InChI is InChI=1S/C21H29N3O4/c1-20(2,3)27-18(25)24(19(26)28-21(4,5)6)17-16-9-7-8-14(10-12-22)15(16)11-13-23-17/h7-9,11,13H,10,12,22H2,1-6H3. The smallest absolute Gasteiger partial charge is 0.425 e. The average molecular weight is 387 g/mol. The molecule has 2 rings (SSSR count). The number of benzene rings is 1. The molecule has 1 heterocycles. The van der Waals surface area contributed by atoms with Crippen molar-refractivity contribution in [1.29, 1.82) is 0 Å². The van der Waals surface area contributed by atoms with E-state index in [9.17, 15) is 9.59 Å². The minimum Gasteiger partial charge on any atom is -0.443 e. The summed E-state index contributed by atoms with van der Waals surface area (Å²) in [5.74, 6) is 0.167. The number of nitrogens with zero attached hydrogens (tertiary/aromatic N) is 2. The van der Waals surface area contributed by atoms with E-state index in [1.165, 1.54) is 0 Å². The van der Waals surface area contributed by atoms with E-state index in [-0.39, 0.29) is 5.82 Å². The van der Waals surface area contributed by atoms with Crippen molar-refractivity contribution in [3.8, 4) is 0 Å². The van der Waals surface area contributed by atoms with Crippen LogP contribution in [0, 0.1) is 0 Å². The van der Waals surface area contributed by atoms with Gasteiger partial charge in [0.25, 0.3) is 0 Å². The van der Waals surface area contributed by atoms with E-state index in [0.29, 0.717) is 18.4 Å². The molecule has 0 saturated carbocycles. The number of hydrogen-bond acceptors (Lipinski definition) is 6. The molecule has 0 spiro atoms. The summed E-state index contributed by atoms with van der Waals surface area (Å²) >= 11 is 0. The maximum absolute atomic E-state index is 12.9. The highest BCUT2D eigenvalue weighted by Crippen LogP contribution is 2.29. The van der Waals surface area contributed by atoms with Crippen molar-refractivity contribution in [3.63, 3.8) is 0 Å². The van der Waals surface area contributed by atoms with E-state index in [4.69, 9.17) is 15.2 Å². The van der Waals surface area contributed by atoms with Crippen LogP contribution in [0.2, 0.25) is 0 Å². The van der Waals surface area contributed by atoms with Gasteiger partial charge >= 0.3 is 12.2 Å². The number of carbonyl (C=O) groups excluding carboxylic acids is 2. The van der Waals surface area contributed by atoms with Gasteiger partial charge in [-0.3, -0.25) is 0 Å². The zero-order valence-electron chi connectivity index (χ0n) is 17.4. The quantitative estimate of drug-likeness (QED) is 0.838. The fourth-order valence-corrected chi connectivity index (χ4v) is 2.67. The lowest BCUT2D eigenvalue weighted by molar-refractivity contribution is 0.0429. The lowest BCUT2D eigenvalue weighted by Gasteiger charge is -2.28. The molecule has 0 unspecified atom stereocenters. The second-order valence-corrected chi connectivity index (χ2v) is 8.48. The molecule has 152 valence electrons. The highest BCUT2D eigenvalue weighted by Gasteiger charge is 2.34. The number of pyridine rings is 1. The van der Waals surface area contributed by atoms with Gasteiger partial charge in [0.15, 0.2) is 5.82 Å². The number of amides is 2. The van der Waals surface area contributed by atoms with E-state index in [1.54, 1.807) is 53.8 Å². The molecule has 7 heteroatoms. The largest absolute Gasteiger partial charge is 0.443 e. The third kappa shape index (κ3) is 5.42. The summed E-state index contributed by atoms with van der Waals surface area (Å²) in [6, 6.07) is 7.46. The van der Waals surface area contributed by atoms with Gasteiger partial charge < -0.3 is 15.2 Å². The Morgan fingerprint density at radius 2 is 1.54 bits per heavy atom. The van der Waals surface area contributed by atoms with Crippen molar-refractivity contribution >= 4 is 28.8 Å². The van der Waals surface area contributed by atoms with Gasteiger partial charge in [-0.05, 0) is 71.5 Å². The summed E-state index contributed by atoms with van der Waals surface area (Å²) in [5, 5.41) is 1.51. The van der Waals surface area contributed by atoms with Crippen LogP contribution >= 0.6 is 0 Å². The van der Waals surface area contributed by atoms with E-state index in [2.05, 4.69) is 4.98 Å². The zero-order chi connectivity index (χ0) is 21.1. The molecule has 7 nitrogen and oxygen atoms in total. The first-order valence-electron chi connectivity index (χ1n) is 9.26. The SMILES string of the molecule is CC(C)(C)OC(=O)N(C(=O)OC(C)(C)C)c1nccc2c(CCN)cccc12. The maximum Gasteiger partial charge on any atom is 0.425 e. The Morgan fingerprint density at radius 3 is 2.04 bits per heavy atom. The molecule has 0 aliphatic heterocycles. The number of fused-ring (bicyclic) bond motifs is 1. The minimum atomic E-state index is -0.842. The summed E-state index contributed by atoms with van der Waals surface area (Å²) in [7, 11) is 0. The second kappa shape index (κ2) is 8.14. The summed E-state index contributed by atoms with van der Waals surface area (Å²) in [4.78, 5) is 30.9. The van der Waals surface area contributed by atoms with Gasteiger partial charge in [0.05, 0.1) is 0 Å². The van der Waals surface area contributed by atoms with E-state index in [1.807, 2.05) is 18.2 Å². The summed E-state index contributed by atoms with van der Waals surface area (Å²) < 4.78 is 10.9. The third-order valence-corrected chi connectivity index (χ3v) is 3.65. The molecule has 1 aromatic carbocycles. The molecule has 0 bridgehead atoms. The van der Waals surface area contributed by atoms with Crippen LogP contribution in [0.3, 0.4) is 0 Å². The number of anilines is 1.